The van der Waals surface area contributed by atoms with Gasteiger partial charge in [0.15, 0.2) is 0 Å². The van der Waals surface area contributed by atoms with Crippen molar-refractivity contribution in [1.82, 2.24) is 9.88 Å². The Kier molecular flexibility index (Phi) is 4.38. The summed E-state index contributed by atoms with van der Waals surface area (Å²) in [7, 11) is 0. The number of carbonyl (C=O) groups is 2. The second-order valence-corrected chi connectivity index (χ2v) is 5.94. The molecule has 1 amide bonds. The monoisotopic (exact) mass is 298 g/mol. The molecule has 0 spiro atoms. The quantitative estimate of drug-likeness (QED) is 0.898. The maximum atomic E-state index is 12.3. The Morgan fingerprint density at radius 2 is 2.15 bits per heavy atom. The topological polar surface area (TPSA) is 71.3 Å². The largest absolute Gasteiger partial charge is 0.481 e. The van der Waals surface area contributed by atoms with Crippen molar-refractivity contribution >= 4 is 23.5 Å². The summed E-state index contributed by atoms with van der Waals surface area (Å²) in [5.74, 6) is -1.59. The lowest BCUT2D eigenvalue weighted by molar-refractivity contribution is -0.142. The van der Waals surface area contributed by atoms with Gasteiger partial charge in [0.1, 0.15) is 5.69 Å². The number of halogens is 1. The Hall–Kier alpha value is -1.49. The molecule has 0 saturated heterocycles. The molecule has 2 unspecified atom stereocenters. The maximum Gasteiger partial charge on any atom is 0.308 e. The molecule has 1 saturated carbocycles. The SMILES string of the molecule is CC(C)n1cc(Cl)cc1C(=O)NC1CCCC1C(=O)O. The van der Waals surface area contributed by atoms with Gasteiger partial charge in [-0.05, 0) is 32.8 Å². The van der Waals surface area contributed by atoms with Crippen molar-refractivity contribution in [3.63, 3.8) is 0 Å². The zero-order valence-corrected chi connectivity index (χ0v) is 12.4. The third-order valence-electron chi connectivity index (χ3n) is 3.75. The minimum absolute atomic E-state index is 0.113. The minimum Gasteiger partial charge on any atom is -0.481 e. The van der Waals surface area contributed by atoms with Crippen molar-refractivity contribution in [3.05, 3.63) is 23.0 Å². The Balaban J connectivity index is 2.14. The summed E-state index contributed by atoms with van der Waals surface area (Å²) < 4.78 is 1.79. The molecule has 1 heterocycles. The zero-order chi connectivity index (χ0) is 14.9. The number of amides is 1. The number of hydrogen-bond acceptors (Lipinski definition) is 2. The van der Waals surface area contributed by atoms with Crippen LogP contribution < -0.4 is 5.32 Å². The third-order valence-corrected chi connectivity index (χ3v) is 3.96. The van der Waals surface area contributed by atoms with Gasteiger partial charge in [-0.2, -0.15) is 0 Å². The average molecular weight is 299 g/mol. The van der Waals surface area contributed by atoms with Gasteiger partial charge >= 0.3 is 5.97 Å². The molecule has 1 aromatic heterocycles. The summed E-state index contributed by atoms with van der Waals surface area (Å²) in [6.07, 6.45) is 3.86. The van der Waals surface area contributed by atoms with E-state index in [4.69, 9.17) is 16.7 Å². The van der Waals surface area contributed by atoms with Crippen molar-refractivity contribution in [2.45, 2.75) is 45.2 Å². The standard InChI is InChI=1S/C14H19ClN2O3/c1-8(2)17-7-9(15)6-12(17)13(18)16-11-5-3-4-10(11)14(19)20/h6-8,10-11H,3-5H2,1-2H3,(H,16,18)(H,19,20). The van der Waals surface area contributed by atoms with Crippen molar-refractivity contribution in [2.75, 3.05) is 0 Å². The molecular formula is C14H19ClN2O3. The molecule has 5 nitrogen and oxygen atoms in total. The Morgan fingerprint density at radius 3 is 2.75 bits per heavy atom. The molecule has 2 atom stereocenters. The fourth-order valence-electron chi connectivity index (χ4n) is 2.73. The zero-order valence-electron chi connectivity index (χ0n) is 11.6. The fraction of sp³-hybridized carbons (Fsp3) is 0.571. The first kappa shape index (κ1) is 14.9. The molecule has 1 aliphatic carbocycles. The fourth-order valence-corrected chi connectivity index (χ4v) is 2.93. The molecule has 1 aromatic rings. The van der Waals surface area contributed by atoms with Crippen LogP contribution in [0.5, 0.6) is 0 Å². The highest BCUT2D eigenvalue weighted by Crippen LogP contribution is 2.26. The summed E-state index contributed by atoms with van der Waals surface area (Å²) in [6.45, 7) is 3.92. The first-order chi connectivity index (χ1) is 9.40. The first-order valence-electron chi connectivity index (χ1n) is 6.81. The van der Waals surface area contributed by atoms with Gasteiger partial charge in [-0.25, -0.2) is 0 Å². The van der Waals surface area contributed by atoms with E-state index in [1.807, 2.05) is 13.8 Å². The number of carbonyl (C=O) groups excluding carboxylic acids is 1. The predicted molar refractivity (Wildman–Crippen MR) is 76.1 cm³/mol. The number of carboxylic acid groups (broad SMARTS) is 1. The van der Waals surface area contributed by atoms with Crippen LogP contribution in [0.25, 0.3) is 0 Å². The molecule has 0 radical (unpaired) electrons. The molecule has 1 aliphatic rings. The van der Waals surface area contributed by atoms with E-state index in [9.17, 15) is 9.59 Å². The van der Waals surface area contributed by atoms with Crippen LogP contribution in [0.4, 0.5) is 0 Å². The minimum atomic E-state index is -0.843. The number of nitrogens with one attached hydrogen (secondary N) is 1. The van der Waals surface area contributed by atoms with Crippen LogP contribution in [-0.4, -0.2) is 27.6 Å². The first-order valence-corrected chi connectivity index (χ1v) is 7.19. The molecule has 0 aromatic carbocycles. The number of nitrogens with zero attached hydrogens (tertiary/aromatic N) is 1. The highest BCUT2D eigenvalue weighted by atomic mass is 35.5. The van der Waals surface area contributed by atoms with Crippen LogP contribution >= 0.6 is 11.6 Å². The van der Waals surface area contributed by atoms with E-state index in [0.717, 1.165) is 6.42 Å². The van der Waals surface area contributed by atoms with Gasteiger partial charge in [0.25, 0.3) is 5.91 Å². The molecule has 6 heteroatoms. The number of aromatic nitrogens is 1. The number of carboxylic acids is 1. The Morgan fingerprint density at radius 1 is 1.45 bits per heavy atom. The normalized spacial score (nSPS) is 22.2. The van der Waals surface area contributed by atoms with Crippen LogP contribution in [0.15, 0.2) is 12.3 Å². The highest BCUT2D eigenvalue weighted by Gasteiger charge is 2.34. The molecule has 2 rings (SSSR count). The van der Waals surface area contributed by atoms with Crippen molar-refractivity contribution < 1.29 is 14.7 Å². The van der Waals surface area contributed by atoms with Gasteiger partial charge in [0.05, 0.1) is 10.9 Å². The number of rotatable bonds is 4. The van der Waals surface area contributed by atoms with Crippen molar-refractivity contribution in [1.29, 1.82) is 0 Å². The van der Waals surface area contributed by atoms with Crippen molar-refractivity contribution in [3.8, 4) is 0 Å². The molecule has 0 aliphatic heterocycles. The number of aliphatic carboxylic acids is 1. The second-order valence-electron chi connectivity index (χ2n) is 5.50. The van der Waals surface area contributed by atoms with Crippen LogP contribution in [0.3, 0.4) is 0 Å². The number of hydrogen-bond donors (Lipinski definition) is 2. The second kappa shape index (κ2) is 5.87. The smallest absolute Gasteiger partial charge is 0.308 e. The van der Waals surface area contributed by atoms with E-state index in [-0.39, 0.29) is 18.0 Å². The van der Waals surface area contributed by atoms with E-state index < -0.39 is 11.9 Å². The average Bonchev–Trinajstić information content (AvgIpc) is 2.95. The van der Waals surface area contributed by atoms with E-state index >= 15 is 0 Å². The summed E-state index contributed by atoms with van der Waals surface area (Å²) in [4.78, 5) is 23.5. The Labute approximate surface area is 122 Å². The van der Waals surface area contributed by atoms with Gasteiger partial charge in [-0.3, -0.25) is 9.59 Å². The summed E-state index contributed by atoms with van der Waals surface area (Å²) in [5.41, 5.74) is 0.473. The summed E-state index contributed by atoms with van der Waals surface area (Å²) in [6, 6.07) is 1.43. The van der Waals surface area contributed by atoms with Gasteiger partial charge in [0, 0.05) is 18.3 Å². The van der Waals surface area contributed by atoms with Gasteiger partial charge in [-0.15, -0.1) is 0 Å². The van der Waals surface area contributed by atoms with Gasteiger partial charge in [0.2, 0.25) is 0 Å². The highest BCUT2D eigenvalue weighted by molar-refractivity contribution is 6.31. The van der Waals surface area contributed by atoms with E-state index in [1.54, 1.807) is 16.8 Å². The Bertz CT molecular complexity index is 524. The van der Waals surface area contributed by atoms with Crippen LogP contribution in [0.1, 0.15) is 49.6 Å². The van der Waals surface area contributed by atoms with E-state index in [0.29, 0.717) is 23.6 Å². The lowest BCUT2D eigenvalue weighted by Crippen LogP contribution is -2.40. The molecule has 20 heavy (non-hydrogen) atoms. The van der Waals surface area contributed by atoms with E-state index in [1.165, 1.54) is 0 Å². The molecular weight excluding hydrogens is 280 g/mol. The molecule has 1 fully saturated rings. The van der Waals surface area contributed by atoms with Gasteiger partial charge in [-0.1, -0.05) is 18.0 Å². The van der Waals surface area contributed by atoms with Gasteiger partial charge < -0.3 is 15.0 Å². The van der Waals surface area contributed by atoms with Crippen LogP contribution in [-0.2, 0) is 4.79 Å². The predicted octanol–water partition coefficient (Wildman–Crippen LogP) is 2.71. The molecule has 0 bridgehead atoms. The molecule has 110 valence electrons. The van der Waals surface area contributed by atoms with E-state index in [2.05, 4.69) is 5.32 Å². The van der Waals surface area contributed by atoms with Crippen LogP contribution in [0.2, 0.25) is 5.02 Å². The van der Waals surface area contributed by atoms with Crippen LogP contribution in [0, 0.1) is 5.92 Å². The lowest BCUT2D eigenvalue weighted by atomic mass is 10.0. The molecule has 2 N–H and O–H groups in total. The van der Waals surface area contributed by atoms with Crippen molar-refractivity contribution in [2.24, 2.45) is 5.92 Å². The lowest BCUT2D eigenvalue weighted by Gasteiger charge is -2.19. The third kappa shape index (κ3) is 2.98. The summed E-state index contributed by atoms with van der Waals surface area (Å²) >= 11 is 5.95. The summed E-state index contributed by atoms with van der Waals surface area (Å²) in [5, 5.41) is 12.5. The maximum absolute atomic E-state index is 12.3.